The van der Waals surface area contributed by atoms with Crippen LogP contribution in [0.25, 0.3) is 16.6 Å². The number of benzene rings is 2. The standard InChI is InChI=1S/C20H23N3/c1-20(2)12-15-14-8-4-6-10-17(14)23(19(15)13-22-20)18-11-7-5-9-16(18)21-3/h4-11,21-22H,12-13H2,1-3H3. The number of nitrogens with one attached hydrogen (secondary N) is 2. The smallest absolute Gasteiger partial charge is 0.0691 e. The Hall–Kier alpha value is -2.26. The van der Waals surface area contributed by atoms with Crippen LogP contribution in [0, 0.1) is 0 Å². The molecule has 0 saturated carbocycles. The average molecular weight is 305 g/mol. The molecule has 2 aromatic carbocycles. The molecule has 3 aromatic rings. The van der Waals surface area contributed by atoms with Crippen molar-refractivity contribution in [2.45, 2.75) is 32.4 Å². The van der Waals surface area contributed by atoms with Crippen LogP contribution >= 0.6 is 0 Å². The summed E-state index contributed by atoms with van der Waals surface area (Å²) >= 11 is 0. The molecule has 0 atom stereocenters. The highest BCUT2D eigenvalue weighted by atomic mass is 15.1. The van der Waals surface area contributed by atoms with Crippen molar-refractivity contribution in [3.63, 3.8) is 0 Å². The van der Waals surface area contributed by atoms with Crippen LogP contribution in [0.5, 0.6) is 0 Å². The van der Waals surface area contributed by atoms with Crippen molar-refractivity contribution >= 4 is 16.6 Å². The molecule has 23 heavy (non-hydrogen) atoms. The van der Waals surface area contributed by atoms with Crippen molar-refractivity contribution in [3.8, 4) is 5.69 Å². The predicted octanol–water partition coefficient (Wildman–Crippen LogP) is 4.10. The Labute approximate surface area is 137 Å². The first-order valence-electron chi connectivity index (χ1n) is 8.24. The minimum absolute atomic E-state index is 0.143. The van der Waals surface area contributed by atoms with Crippen LogP contribution in [0.4, 0.5) is 5.69 Å². The average Bonchev–Trinajstić information content (AvgIpc) is 2.87. The van der Waals surface area contributed by atoms with Gasteiger partial charge < -0.3 is 15.2 Å². The van der Waals surface area contributed by atoms with Crippen molar-refractivity contribution in [1.82, 2.24) is 9.88 Å². The van der Waals surface area contributed by atoms with Crippen LogP contribution in [0.2, 0.25) is 0 Å². The Balaban J connectivity index is 2.05. The van der Waals surface area contributed by atoms with Crippen LogP contribution in [0.15, 0.2) is 48.5 Å². The van der Waals surface area contributed by atoms with E-state index in [9.17, 15) is 0 Å². The molecule has 2 N–H and O–H groups in total. The third-order valence-electron chi connectivity index (χ3n) is 4.86. The molecule has 3 nitrogen and oxygen atoms in total. The van der Waals surface area contributed by atoms with Gasteiger partial charge in [-0.2, -0.15) is 0 Å². The van der Waals surface area contributed by atoms with Crippen LogP contribution in [0.1, 0.15) is 25.1 Å². The molecule has 0 amide bonds. The molecule has 0 fully saturated rings. The molecule has 0 spiro atoms. The van der Waals surface area contributed by atoms with Gasteiger partial charge in [0.05, 0.1) is 16.9 Å². The summed E-state index contributed by atoms with van der Waals surface area (Å²) < 4.78 is 2.42. The minimum Gasteiger partial charge on any atom is -0.386 e. The number of para-hydroxylation sites is 3. The number of anilines is 1. The Morgan fingerprint density at radius 1 is 1.04 bits per heavy atom. The van der Waals surface area contributed by atoms with E-state index in [1.165, 1.54) is 27.8 Å². The number of hydrogen-bond acceptors (Lipinski definition) is 2. The van der Waals surface area contributed by atoms with Gasteiger partial charge in [-0.1, -0.05) is 30.3 Å². The molecule has 0 bridgehead atoms. The second-order valence-electron chi connectivity index (χ2n) is 6.96. The zero-order valence-electron chi connectivity index (χ0n) is 14.0. The Morgan fingerprint density at radius 3 is 2.61 bits per heavy atom. The first-order chi connectivity index (χ1) is 11.1. The van der Waals surface area contributed by atoms with Gasteiger partial charge in [0.2, 0.25) is 0 Å². The van der Waals surface area contributed by atoms with Gasteiger partial charge in [0, 0.05) is 30.2 Å². The van der Waals surface area contributed by atoms with Gasteiger partial charge in [-0.05, 0) is 44.0 Å². The first kappa shape index (κ1) is 14.3. The van der Waals surface area contributed by atoms with Crippen molar-refractivity contribution in [2.75, 3.05) is 12.4 Å². The molecule has 0 saturated heterocycles. The molecule has 118 valence electrons. The highest BCUT2D eigenvalue weighted by molar-refractivity contribution is 5.89. The third kappa shape index (κ3) is 2.23. The molecule has 1 aromatic heterocycles. The molecule has 1 aliphatic heterocycles. The van der Waals surface area contributed by atoms with Crippen molar-refractivity contribution in [2.24, 2.45) is 0 Å². The maximum absolute atomic E-state index is 3.68. The molecule has 4 rings (SSSR count). The topological polar surface area (TPSA) is 29.0 Å². The van der Waals surface area contributed by atoms with Gasteiger partial charge in [0.15, 0.2) is 0 Å². The number of nitrogens with zero attached hydrogens (tertiary/aromatic N) is 1. The number of rotatable bonds is 2. The highest BCUT2D eigenvalue weighted by Gasteiger charge is 2.30. The van der Waals surface area contributed by atoms with Gasteiger partial charge in [-0.3, -0.25) is 0 Å². The van der Waals surface area contributed by atoms with Crippen LogP contribution < -0.4 is 10.6 Å². The van der Waals surface area contributed by atoms with Crippen LogP contribution in [0.3, 0.4) is 0 Å². The second kappa shape index (κ2) is 5.14. The molecular formula is C20H23N3. The SMILES string of the molecule is CNc1ccccc1-n1c2c(c3ccccc31)CC(C)(C)NC2. The number of aromatic nitrogens is 1. The Kier molecular flexibility index (Phi) is 3.20. The van der Waals surface area contributed by atoms with E-state index in [0.717, 1.165) is 18.7 Å². The van der Waals surface area contributed by atoms with Gasteiger partial charge in [0.1, 0.15) is 0 Å². The molecule has 1 aliphatic rings. The summed E-state index contributed by atoms with van der Waals surface area (Å²) in [6.07, 6.45) is 1.05. The third-order valence-corrected chi connectivity index (χ3v) is 4.86. The Bertz CT molecular complexity index is 874. The summed E-state index contributed by atoms with van der Waals surface area (Å²) in [5, 5.41) is 8.39. The largest absolute Gasteiger partial charge is 0.386 e. The Morgan fingerprint density at radius 2 is 1.78 bits per heavy atom. The monoisotopic (exact) mass is 305 g/mol. The van der Waals surface area contributed by atoms with Crippen LogP contribution in [-0.4, -0.2) is 17.2 Å². The molecule has 0 aliphatic carbocycles. The maximum atomic E-state index is 3.68. The lowest BCUT2D eigenvalue weighted by atomic mass is 9.89. The van der Waals surface area contributed by atoms with Gasteiger partial charge in [-0.25, -0.2) is 0 Å². The van der Waals surface area contributed by atoms with E-state index in [-0.39, 0.29) is 5.54 Å². The molecule has 0 unspecified atom stereocenters. The van der Waals surface area contributed by atoms with Gasteiger partial charge in [0.25, 0.3) is 0 Å². The zero-order valence-corrected chi connectivity index (χ0v) is 14.0. The quantitative estimate of drug-likeness (QED) is 0.746. The van der Waals surface area contributed by atoms with E-state index >= 15 is 0 Å². The fourth-order valence-electron chi connectivity index (χ4n) is 3.73. The summed E-state index contributed by atoms with van der Waals surface area (Å²) in [4.78, 5) is 0. The van der Waals surface area contributed by atoms with E-state index < -0.39 is 0 Å². The van der Waals surface area contributed by atoms with Crippen molar-refractivity contribution < 1.29 is 0 Å². The normalized spacial score (nSPS) is 16.3. The molecule has 3 heteroatoms. The number of hydrogen-bond donors (Lipinski definition) is 2. The summed E-state index contributed by atoms with van der Waals surface area (Å²) in [5.41, 5.74) is 6.67. The van der Waals surface area contributed by atoms with E-state index in [1.807, 2.05) is 7.05 Å². The molecule has 2 heterocycles. The van der Waals surface area contributed by atoms with Crippen LogP contribution in [-0.2, 0) is 13.0 Å². The summed E-state index contributed by atoms with van der Waals surface area (Å²) in [6.45, 7) is 5.46. The lowest BCUT2D eigenvalue weighted by molar-refractivity contribution is 0.359. The first-order valence-corrected chi connectivity index (χ1v) is 8.24. The van der Waals surface area contributed by atoms with Gasteiger partial charge in [-0.15, -0.1) is 0 Å². The lowest BCUT2D eigenvalue weighted by Crippen LogP contribution is -2.44. The minimum atomic E-state index is 0.143. The lowest BCUT2D eigenvalue weighted by Gasteiger charge is -2.32. The molecular weight excluding hydrogens is 282 g/mol. The van der Waals surface area contributed by atoms with Gasteiger partial charge >= 0.3 is 0 Å². The fraction of sp³-hybridized carbons (Fsp3) is 0.300. The van der Waals surface area contributed by atoms with Crippen molar-refractivity contribution in [1.29, 1.82) is 0 Å². The van der Waals surface area contributed by atoms with E-state index in [0.29, 0.717) is 0 Å². The summed E-state index contributed by atoms with van der Waals surface area (Å²) in [5.74, 6) is 0. The maximum Gasteiger partial charge on any atom is 0.0691 e. The fourth-order valence-corrected chi connectivity index (χ4v) is 3.73. The summed E-state index contributed by atoms with van der Waals surface area (Å²) in [7, 11) is 1.98. The summed E-state index contributed by atoms with van der Waals surface area (Å²) in [6, 6.07) is 17.3. The van der Waals surface area contributed by atoms with E-state index in [2.05, 4.69) is 77.6 Å². The van der Waals surface area contributed by atoms with Crippen molar-refractivity contribution in [3.05, 3.63) is 59.8 Å². The van der Waals surface area contributed by atoms with E-state index in [1.54, 1.807) is 0 Å². The van der Waals surface area contributed by atoms with E-state index in [4.69, 9.17) is 0 Å². The molecule has 0 radical (unpaired) electrons. The highest BCUT2D eigenvalue weighted by Crippen LogP contribution is 2.36. The predicted molar refractivity (Wildman–Crippen MR) is 97.4 cm³/mol. The zero-order chi connectivity index (χ0) is 16.0. The second-order valence-corrected chi connectivity index (χ2v) is 6.96. The number of fused-ring (bicyclic) bond motifs is 3.